The first-order valence-corrected chi connectivity index (χ1v) is 8.29. The molecule has 5 heteroatoms. The standard InChI is InChI=1S/C20H26FN3O/c1-22(2)18-11-9-16(10-12-18)13-24(4)20(25)15-23(3)14-17-7-5-6-8-19(17)21/h5-12H,13-15H2,1-4H3. The van der Waals surface area contributed by atoms with E-state index in [4.69, 9.17) is 0 Å². The minimum atomic E-state index is -0.240. The quantitative estimate of drug-likeness (QED) is 0.773. The maximum absolute atomic E-state index is 13.7. The van der Waals surface area contributed by atoms with Crippen molar-refractivity contribution >= 4 is 11.6 Å². The Kier molecular flexibility index (Phi) is 6.53. The molecule has 0 saturated heterocycles. The van der Waals surface area contributed by atoms with Gasteiger partial charge in [-0.2, -0.15) is 0 Å². The fourth-order valence-corrected chi connectivity index (χ4v) is 2.59. The van der Waals surface area contributed by atoms with Crippen molar-refractivity contribution in [1.82, 2.24) is 9.80 Å². The summed E-state index contributed by atoms with van der Waals surface area (Å²) in [4.78, 5) is 18.0. The molecule has 2 aromatic carbocycles. The molecule has 0 aliphatic rings. The molecular formula is C20H26FN3O. The number of carbonyl (C=O) groups is 1. The topological polar surface area (TPSA) is 26.8 Å². The van der Waals surface area contributed by atoms with Crippen molar-refractivity contribution < 1.29 is 9.18 Å². The summed E-state index contributed by atoms with van der Waals surface area (Å²) < 4.78 is 13.7. The van der Waals surface area contributed by atoms with Gasteiger partial charge in [-0.25, -0.2) is 4.39 Å². The number of anilines is 1. The van der Waals surface area contributed by atoms with Crippen LogP contribution in [0.5, 0.6) is 0 Å². The van der Waals surface area contributed by atoms with Gasteiger partial charge in [-0.15, -0.1) is 0 Å². The zero-order valence-corrected chi connectivity index (χ0v) is 15.4. The van der Waals surface area contributed by atoms with Gasteiger partial charge >= 0.3 is 0 Å². The van der Waals surface area contributed by atoms with Crippen LogP contribution < -0.4 is 4.90 Å². The zero-order chi connectivity index (χ0) is 18.4. The van der Waals surface area contributed by atoms with Gasteiger partial charge in [-0.1, -0.05) is 30.3 Å². The van der Waals surface area contributed by atoms with Crippen LogP contribution in [-0.2, 0) is 17.9 Å². The summed E-state index contributed by atoms with van der Waals surface area (Å²) in [6, 6.07) is 14.8. The van der Waals surface area contributed by atoms with E-state index in [9.17, 15) is 9.18 Å². The lowest BCUT2D eigenvalue weighted by molar-refractivity contribution is -0.131. The van der Waals surface area contributed by atoms with Crippen LogP contribution in [0, 0.1) is 5.82 Å². The first-order chi connectivity index (χ1) is 11.9. The smallest absolute Gasteiger partial charge is 0.236 e. The lowest BCUT2D eigenvalue weighted by Crippen LogP contribution is -2.36. The second-order valence-electron chi connectivity index (χ2n) is 6.57. The van der Waals surface area contributed by atoms with Gasteiger partial charge in [0.2, 0.25) is 5.91 Å². The van der Waals surface area contributed by atoms with E-state index in [1.807, 2.05) is 55.2 Å². The monoisotopic (exact) mass is 343 g/mol. The summed E-state index contributed by atoms with van der Waals surface area (Å²) in [7, 11) is 7.61. The van der Waals surface area contributed by atoms with Gasteiger partial charge in [0.1, 0.15) is 5.82 Å². The number of hydrogen-bond donors (Lipinski definition) is 0. The Hall–Kier alpha value is -2.40. The molecule has 4 nitrogen and oxygen atoms in total. The number of rotatable bonds is 7. The predicted molar refractivity (Wildman–Crippen MR) is 100.0 cm³/mol. The highest BCUT2D eigenvalue weighted by Gasteiger charge is 2.13. The molecule has 0 atom stereocenters. The highest BCUT2D eigenvalue weighted by atomic mass is 19.1. The van der Waals surface area contributed by atoms with Crippen molar-refractivity contribution in [1.29, 1.82) is 0 Å². The molecule has 0 spiro atoms. The Labute approximate surface area is 149 Å². The number of halogens is 1. The summed E-state index contributed by atoms with van der Waals surface area (Å²) in [5.74, 6) is -0.230. The van der Waals surface area contributed by atoms with Crippen LogP contribution in [0.1, 0.15) is 11.1 Å². The largest absolute Gasteiger partial charge is 0.378 e. The van der Waals surface area contributed by atoms with Crippen molar-refractivity contribution in [2.75, 3.05) is 39.6 Å². The summed E-state index contributed by atoms with van der Waals surface area (Å²) in [6.07, 6.45) is 0. The molecule has 0 bridgehead atoms. The average molecular weight is 343 g/mol. The van der Waals surface area contributed by atoms with E-state index in [2.05, 4.69) is 0 Å². The van der Waals surface area contributed by atoms with E-state index in [-0.39, 0.29) is 18.3 Å². The fraction of sp³-hybridized carbons (Fsp3) is 0.350. The third-order valence-corrected chi connectivity index (χ3v) is 4.10. The number of benzene rings is 2. The Morgan fingerprint density at radius 1 is 0.920 bits per heavy atom. The zero-order valence-electron chi connectivity index (χ0n) is 15.4. The fourth-order valence-electron chi connectivity index (χ4n) is 2.59. The van der Waals surface area contributed by atoms with Crippen molar-refractivity contribution in [3.05, 3.63) is 65.5 Å². The maximum atomic E-state index is 13.7. The van der Waals surface area contributed by atoms with Crippen LogP contribution in [0.4, 0.5) is 10.1 Å². The number of carbonyl (C=O) groups excluding carboxylic acids is 1. The first-order valence-electron chi connectivity index (χ1n) is 8.29. The van der Waals surface area contributed by atoms with Gasteiger partial charge < -0.3 is 9.80 Å². The summed E-state index contributed by atoms with van der Waals surface area (Å²) in [6.45, 7) is 1.21. The molecule has 0 aromatic heterocycles. The number of hydrogen-bond acceptors (Lipinski definition) is 3. The van der Waals surface area contributed by atoms with Crippen LogP contribution in [0.15, 0.2) is 48.5 Å². The van der Waals surface area contributed by atoms with E-state index in [1.54, 1.807) is 30.1 Å². The van der Waals surface area contributed by atoms with E-state index in [1.165, 1.54) is 6.07 Å². The molecule has 0 fully saturated rings. The third kappa shape index (κ3) is 5.57. The molecule has 0 unspecified atom stereocenters. The summed E-state index contributed by atoms with van der Waals surface area (Å²) in [5.41, 5.74) is 2.81. The van der Waals surface area contributed by atoms with Crippen molar-refractivity contribution in [2.24, 2.45) is 0 Å². The molecule has 0 aliphatic carbocycles. The van der Waals surface area contributed by atoms with Crippen molar-refractivity contribution in [2.45, 2.75) is 13.1 Å². The molecule has 0 radical (unpaired) electrons. The summed E-state index contributed by atoms with van der Waals surface area (Å²) >= 11 is 0. The molecule has 2 rings (SSSR count). The molecule has 2 aromatic rings. The highest BCUT2D eigenvalue weighted by Crippen LogP contribution is 2.14. The molecule has 1 amide bonds. The van der Waals surface area contributed by atoms with E-state index >= 15 is 0 Å². The Balaban J connectivity index is 1.88. The Morgan fingerprint density at radius 3 is 2.16 bits per heavy atom. The minimum absolute atomic E-state index is 0.00975. The lowest BCUT2D eigenvalue weighted by atomic mass is 10.2. The van der Waals surface area contributed by atoms with Crippen molar-refractivity contribution in [3.8, 4) is 0 Å². The first kappa shape index (κ1) is 18.9. The molecule has 0 N–H and O–H groups in total. The van der Waals surface area contributed by atoms with Gasteiger partial charge in [0.05, 0.1) is 6.54 Å². The van der Waals surface area contributed by atoms with Gasteiger partial charge in [-0.05, 0) is 30.8 Å². The Bertz CT molecular complexity index is 700. The van der Waals surface area contributed by atoms with E-state index in [0.29, 0.717) is 18.7 Å². The van der Waals surface area contributed by atoms with E-state index < -0.39 is 0 Å². The predicted octanol–water partition coefficient (Wildman–Crippen LogP) is 2.98. The summed E-state index contributed by atoms with van der Waals surface area (Å²) in [5, 5.41) is 0. The van der Waals surface area contributed by atoms with Crippen LogP contribution in [0.25, 0.3) is 0 Å². The van der Waals surface area contributed by atoms with Crippen molar-refractivity contribution in [3.63, 3.8) is 0 Å². The minimum Gasteiger partial charge on any atom is -0.378 e. The number of nitrogens with zero attached hydrogens (tertiary/aromatic N) is 3. The maximum Gasteiger partial charge on any atom is 0.236 e. The third-order valence-electron chi connectivity index (χ3n) is 4.10. The average Bonchev–Trinajstić information content (AvgIpc) is 2.57. The lowest BCUT2D eigenvalue weighted by Gasteiger charge is -2.22. The second-order valence-corrected chi connectivity index (χ2v) is 6.57. The molecule has 0 saturated carbocycles. The van der Waals surface area contributed by atoms with Crippen LogP contribution in [0.2, 0.25) is 0 Å². The molecule has 0 heterocycles. The van der Waals surface area contributed by atoms with E-state index in [0.717, 1.165) is 11.3 Å². The second kappa shape index (κ2) is 8.62. The van der Waals surface area contributed by atoms with Crippen LogP contribution in [0.3, 0.4) is 0 Å². The molecule has 25 heavy (non-hydrogen) atoms. The molecule has 134 valence electrons. The number of amides is 1. The van der Waals surface area contributed by atoms with Crippen LogP contribution in [-0.4, -0.2) is 50.4 Å². The van der Waals surface area contributed by atoms with Gasteiger partial charge in [0, 0.05) is 45.5 Å². The highest BCUT2D eigenvalue weighted by molar-refractivity contribution is 5.78. The normalized spacial score (nSPS) is 10.8. The SMILES string of the molecule is CN(CC(=O)N(C)Cc1ccc(N(C)C)cc1)Cc1ccccc1F. The number of likely N-dealkylation sites (N-methyl/N-ethyl adjacent to an activating group) is 2. The molecular weight excluding hydrogens is 317 g/mol. The molecule has 0 aliphatic heterocycles. The van der Waals surface area contributed by atoms with Gasteiger partial charge in [0.25, 0.3) is 0 Å². The van der Waals surface area contributed by atoms with Gasteiger partial charge in [-0.3, -0.25) is 9.69 Å². The van der Waals surface area contributed by atoms with Gasteiger partial charge in [0.15, 0.2) is 0 Å². The Morgan fingerprint density at radius 2 is 1.56 bits per heavy atom. The van der Waals surface area contributed by atoms with Crippen LogP contribution >= 0.6 is 0 Å².